The highest BCUT2D eigenvalue weighted by atomic mass is 32.2. The van der Waals surface area contributed by atoms with E-state index in [1.54, 1.807) is 48.5 Å². The van der Waals surface area contributed by atoms with Crippen LogP contribution in [0.3, 0.4) is 0 Å². The van der Waals surface area contributed by atoms with E-state index in [1.165, 1.54) is 24.2 Å². The number of ether oxygens (including phenoxy) is 1. The van der Waals surface area contributed by atoms with Crippen LogP contribution in [-0.4, -0.2) is 33.1 Å². The Morgan fingerprint density at radius 1 is 1.21 bits per heavy atom. The lowest BCUT2D eigenvalue weighted by Gasteiger charge is -2.24. The Bertz CT molecular complexity index is 991. The molecular weight excluding hydrogens is 400 g/mol. The second-order valence-electron chi connectivity index (χ2n) is 5.70. The number of nitro groups is 1. The molecule has 0 aromatic heterocycles. The lowest BCUT2D eigenvalue weighted by Crippen LogP contribution is -2.37. The number of thiocarbonyl (C=S) groups is 1. The molecule has 1 fully saturated rings. The van der Waals surface area contributed by atoms with Gasteiger partial charge in [0.2, 0.25) is 0 Å². The Balaban J connectivity index is 2.01. The minimum absolute atomic E-state index is 0.125. The first-order chi connectivity index (χ1) is 13.4. The van der Waals surface area contributed by atoms with Crippen LogP contribution in [0.2, 0.25) is 0 Å². The van der Waals surface area contributed by atoms with Gasteiger partial charge in [0.15, 0.2) is 6.04 Å². The number of hydrogen-bond donors (Lipinski definition) is 0. The number of nitro benzene ring substituents is 1. The van der Waals surface area contributed by atoms with E-state index in [0.717, 1.165) is 11.8 Å². The number of rotatable bonds is 5. The van der Waals surface area contributed by atoms with Crippen molar-refractivity contribution in [3.05, 3.63) is 80.7 Å². The summed E-state index contributed by atoms with van der Waals surface area (Å²) in [6.07, 6.45) is 1.41. The summed E-state index contributed by atoms with van der Waals surface area (Å²) in [6, 6.07) is 13.7. The fourth-order valence-corrected chi connectivity index (χ4v) is 4.06. The zero-order valence-corrected chi connectivity index (χ0v) is 16.2. The normalized spacial score (nSPS) is 16.3. The highest BCUT2D eigenvalue weighted by Gasteiger charge is 2.42. The van der Waals surface area contributed by atoms with E-state index < -0.39 is 22.8 Å². The number of esters is 1. The van der Waals surface area contributed by atoms with Crippen molar-refractivity contribution < 1.29 is 19.2 Å². The largest absolute Gasteiger partial charge is 0.467 e. The maximum Gasteiger partial charge on any atom is 0.333 e. The van der Waals surface area contributed by atoms with Crippen LogP contribution < -0.4 is 0 Å². The molecule has 1 heterocycles. The van der Waals surface area contributed by atoms with Crippen molar-refractivity contribution in [2.24, 2.45) is 0 Å². The fourth-order valence-electron chi connectivity index (χ4n) is 2.76. The van der Waals surface area contributed by atoms with Crippen LogP contribution in [0.5, 0.6) is 0 Å². The molecule has 2 aromatic carbocycles. The fraction of sp³-hybridized carbons (Fsp3) is 0.105. The summed E-state index contributed by atoms with van der Waals surface area (Å²) in [5.74, 6) is -1.14. The Labute approximate surface area is 170 Å². The van der Waals surface area contributed by atoms with Crippen molar-refractivity contribution in [3.63, 3.8) is 0 Å². The van der Waals surface area contributed by atoms with Crippen molar-refractivity contribution in [2.45, 2.75) is 6.04 Å². The zero-order valence-electron chi connectivity index (χ0n) is 14.6. The molecule has 1 unspecified atom stereocenters. The minimum atomic E-state index is -1.03. The summed E-state index contributed by atoms with van der Waals surface area (Å²) in [6.45, 7) is 0. The molecule has 0 spiro atoms. The number of nitrogens with zero attached hydrogens (tertiary/aromatic N) is 2. The summed E-state index contributed by atoms with van der Waals surface area (Å²) < 4.78 is 5.04. The summed E-state index contributed by atoms with van der Waals surface area (Å²) in [4.78, 5) is 37.5. The molecule has 0 N–H and O–H groups in total. The summed E-state index contributed by atoms with van der Waals surface area (Å²) in [5, 5.41) is 11.2. The molecule has 7 nitrogen and oxygen atoms in total. The van der Waals surface area contributed by atoms with Crippen LogP contribution in [0.25, 0.3) is 6.08 Å². The van der Waals surface area contributed by atoms with Gasteiger partial charge in [-0.2, -0.15) is 0 Å². The molecule has 0 radical (unpaired) electrons. The molecule has 1 amide bonds. The molecule has 1 saturated heterocycles. The molecule has 2 aromatic rings. The van der Waals surface area contributed by atoms with Crippen LogP contribution in [0.4, 0.5) is 5.69 Å². The number of para-hydroxylation sites is 1. The minimum Gasteiger partial charge on any atom is -0.467 e. The molecular formula is C19H14N2O5S2. The van der Waals surface area contributed by atoms with E-state index in [-0.39, 0.29) is 20.5 Å². The molecule has 0 aliphatic carbocycles. The predicted molar refractivity (Wildman–Crippen MR) is 109 cm³/mol. The highest BCUT2D eigenvalue weighted by Crippen LogP contribution is 2.39. The number of benzene rings is 2. The predicted octanol–water partition coefficient (Wildman–Crippen LogP) is 3.71. The van der Waals surface area contributed by atoms with Crippen molar-refractivity contribution in [1.82, 2.24) is 4.90 Å². The van der Waals surface area contributed by atoms with E-state index in [9.17, 15) is 19.7 Å². The van der Waals surface area contributed by atoms with Crippen LogP contribution in [0, 0.1) is 10.1 Å². The molecule has 142 valence electrons. The quantitative estimate of drug-likeness (QED) is 0.242. The van der Waals surface area contributed by atoms with Gasteiger partial charge in [0, 0.05) is 6.07 Å². The third-order valence-corrected chi connectivity index (χ3v) is 5.37. The second kappa shape index (κ2) is 8.32. The highest BCUT2D eigenvalue weighted by molar-refractivity contribution is 8.26. The average Bonchev–Trinajstić information content (AvgIpc) is 2.97. The van der Waals surface area contributed by atoms with Gasteiger partial charge in [-0.3, -0.25) is 19.8 Å². The average molecular weight is 414 g/mol. The van der Waals surface area contributed by atoms with Crippen molar-refractivity contribution in [1.29, 1.82) is 0 Å². The number of hydrogen-bond acceptors (Lipinski definition) is 7. The third-order valence-electron chi connectivity index (χ3n) is 4.04. The van der Waals surface area contributed by atoms with Crippen molar-refractivity contribution >= 4 is 51.9 Å². The number of thioether (sulfide) groups is 1. The molecule has 0 bridgehead atoms. The van der Waals surface area contributed by atoms with Gasteiger partial charge in [-0.15, -0.1) is 0 Å². The summed E-state index contributed by atoms with van der Waals surface area (Å²) in [7, 11) is 1.24. The van der Waals surface area contributed by atoms with Gasteiger partial charge in [0.05, 0.1) is 22.5 Å². The van der Waals surface area contributed by atoms with Gasteiger partial charge in [0.1, 0.15) is 4.32 Å². The van der Waals surface area contributed by atoms with Gasteiger partial charge in [-0.25, -0.2) is 4.79 Å². The maximum absolute atomic E-state index is 13.0. The Morgan fingerprint density at radius 3 is 2.50 bits per heavy atom. The SMILES string of the molecule is COC(=O)C(c1ccccc1)N1C(=O)/C(=C/c2ccccc2[N+](=O)[O-])SC1=S. The number of carbonyl (C=O) groups excluding carboxylic acids is 2. The van der Waals surface area contributed by atoms with Gasteiger partial charge in [-0.05, 0) is 17.7 Å². The molecule has 1 aliphatic heterocycles. The van der Waals surface area contributed by atoms with Crippen molar-refractivity contribution in [3.8, 4) is 0 Å². The number of methoxy groups -OCH3 is 1. The van der Waals surface area contributed by atoms with E-state index >= 15 is 0 Å². The van der Waals surface area contributed by atoms with Crippen molar-refractivity contribution in [2.75, 3.05) is 7.11 Å². The lowest BCUT2D eigenvalue weighted by molar-refractivity contribution is -0.385. The topological polar surface area (TPSA) is 89.8 Å². The zero-order chi connectivity index (χ0) is 20.3. The monoisotopic (exact) mass is 414 g/mol. The second-order valence-corrected chi connectivity index (χ2v) is 7.38. The first-order valence-corrected chi connectivity index (χ1v) is 9.29. The third kappa shape index (κ3) is 3.80. The molecule has 1 aliphatic rings. The van der Waals surface area contributed by atoms with E-state index in [0.29, 0.717) is 5.56 Å². The van der Waals surface area contributed by atoms with Crippen LogP contribution in [0.1, 0.15) is 17.2 Å². The Morgan fingerprint density at radius 2 is 1.86 bits per heavy atom. The maximum atomic E-state index is 13.0. The van der Waals surface area contributed by atoms with Crippen LogP contribution >= 0.6 is 24.0 Å². The number of carbonyl (C=O) groups is 2. The van der Waals surface area contributed by atoms with E-state index in [2.05, 4.69) is 0 Å². The molecule has 1 atom stereocenters. The van der Waals surface area contributed by atoms with Gasteiger partial charge in [-0.1, -0.05) is 66.4 Å². The summed E-state index contributed by atoms with van der Waals surface area (Å²) in [5.41, 5.74) is 0.709. The lowest BCUT2D eigenvalue weighted by atomic mass is 10.1. The first-order valence-electron chi connectivity index (χ1n) is 8.07. The van der Waals surface area contributed by atoms with Crippen LogP contribution in [-0.2, 0) is 14.3 Å². The smallest absolute Gasteiger partial charge is 0.333 e. The first kappa shape index (κ1) is 19.7. The van der Waals surface area contributed by atoms with Crippen LogP contribution in [0.15, 0.2) is 59.5 Å². The Hall–Kier alpha value is -3.04. The standard InChI is InChI=1S/C19H14N2O5S2/c1-26-18(23)16(12-7-3-2-4-8-12)20-17(22)15(28-19(20)27)11-13-9-5-6-10-14(13)21(24)25/h2-11,16H,1H3/b15-11-. The number of amides is 1. The van der Waals surface area contributed by atoms with E-state index in [1.807, 2.05) is 0 Å². The Kier molecular flexibility index (Phi) is 5.86. The molecule has 9 heteroatoms. The van der Waals surface area contributed by atoms with Gasteiger partial charge >= 0.3 is 5.97 Å². The van der Waals surface area contributed by atoms with E-state index in [4.69, 9.17) is 17.0 Å². The summed E-state index contributed by atoms with van der Waals surface area (Å²) >= 11 is 6.31. The van der Waals surface area contributed by atoms with Gasteiger partial charge in [0.25, 0.3) is 11.6 Å². The molecule has 28 heavy (non-hydrogen) atoms. The molecule has 0 saturated carbocycles. The van der Waals surface area contributed by atoms with Gasteiger partial charge < -0.3 is 4.74 Å². The molecule has 3 rings (SSSR count).